The van der Waals surface area contributed by atoms with Crippen LogP contribution in [0.1, 0.15) is 5.56 Å². The van der Waals surface area contributed by atoms with Gasteiger partial charge in [-0.25, -0.2) is 10.2 Å². The van der Waals surface area contributed by atoms with Crippen LogP contribution in [-0.2, 0) is 10.5 Å². The molecule has 0 aliphatic heterocycles. The van der Waals surface area contributed by atoms with Gasteiger partial charge in [0.1, 0.15) is 0 Å². The van der Waals surface area contributed by atoms with Gasteiger partial charge in [-0.2, -0.15) is 8.42 Å². The summed E-state index contributed by atoms with van der Waals surface area (Å²) in [5.41, 5.74) is 7.09. The molecule has 0 fully saturated rings. The van der Waals surface area contributed by atoms with Crippen molar-refractivity contribution in [2.75, 3.05) is 0 Å². The molecule has 7 heteroatoms. The van der Waals surface area contributed by atoms with Crippen molar-refractivity contribution in [3.05, 3.63) is 42.5 Å². The predicted octanol–water partition coefficient (Wildman–Crippen LogP) is 0.962. The first kappa shape index (κ1) is 13.8. The molecule has 1 rings (SSSR count). The Labute approximate surface area is 94.5 Å². The summed E-state index contributed by atoms with van der Waals surface area (Å²) in [5.74, 6) is 0. The Hall–Kier alpha value is -2.15. The molecule has 0 saturated carbocycles. The van der Waals surface area contributed by atoms with Crippen molar-refractivity contribution in [1.29, 1.82) is 0 Å². The van der Waals surface area contributed by atoms with Gasteiger partial charge in [0.25, 0.3) is 0 Å². The molecule has 0 radical (unpaired) electrons. The monoisotopic (exact) mass is 241 g/mol. The van der Waals surface area contributed by atoms with E-state index in [4.69, 9.17) is 0 Å². The largest absolute Gasteiger partial charge is 0.350 e. The lowest BCUT2D eigenvalue weighted by atomic mass is 10.2. The SMILES string of the molecule is C=Cc1ccccc1.NC(=O)NN=S(=O)=O. The van der Waals surface area contributed by atoms with Crippen LogP contribution < -0.4 is 11.2 Å². The molecule has 2 amide bonds. The van der Waals surface area contributed by atoms with Crippen LogP contribution >= 0.6 is 0 Å². The summed E-state index contributed by atoms with van der Waals surface area (Å²) in [7, 11) is -2.62. The predicted molar refractivity (Wildman–Crippen MR) is 60.6 cm³/mol. The van der Waals surface area contributed by atoms with Gasteiger partial charge in [-0.3, -0.25) is 0 Å². The number of urea groups is 1. The number of benzene rings is 1. The summed E-state index contributed by atoms with van der Waals surface area (Å²) in [6.45, 7) is 3.63. The highest BCUT2D eigenvalue weighted by atomic mass is 32.2. The van der Waals surface area contributed by atoms with E-state index in [0.717, 1.165) is 0 Å². The number of nitrogens with one attached hydrogen (secondary N) is 1. The quantitative estimate of drug-likeness (QED) is 0.754. The third kappa shape index (κ3) is 8.45. The standard InChI is InChI=1S/C8H8.CH3N3O3S/c1-2-8-6-4-3-5-7-8;2-1(5)3-4-8(6)7/h2-7H,1H2;(H3,2,3,5). The Bertz CT molecular complexity index is 460. The van der Waals surface area contributed by atoms with Gasteiger partial charge in [0.2, 0.25) is 0 Å². The lowest BCUT2D eigenvalue weighted by Crippen LogP contribution is -2.23. The molecular formula is C9H11N3O3S. The van der Waals surface area contributed by atoms with Crippen molar-refractivity contribution < 1.29 is 13.2 Å². The first-order chi connectivity index (χ1) is 7.56. The minimum Gasteiger partial charge on any atom is -0.350 e. The van der Waals surface area contributed by atoms with Crippen molar-refractivity contribution in [2.45, 2.75) is 0 Å². The fraction of sp³-hybridized carbons (Fsp3) is 0. The number of nitrogens with zero attached hydrogens (tertiary/aromatic N) is 1. The maximum Gasteiger partial charge on any atom is 0.333 e. The molecular weight excluding hydrogens is 230 g/mol. The Morgan fingerprint density at radius 2 is 1.94 bits per heavy atom. The third-order valence-electron chi connectivity index (χ3n) is 1.27. The summed E-state index contributed by atoms with van der Waals surface area (Å²) in [5, 5.41) is 0. The summed E-state index contributed by atoms with van der Waals surface area (Å²) >= 11 is 0. The van der Waals surface area contributed by atoms with E-state index in [-0.39, 0.29) is 0 Å². The van der Waals surface area contributed by atoms with Crippen LogP contribution in [-0.4, -0.2) is 14.4 Å². The maximum absolute atomic E-state index is 9.65. The molecule has 0 bridgehead atoms. The lowest BCUT2D eigenvalue weighted by Gasteiger charge is -1.85. The number of amides is 2. The van der Waals surface area contributed by atoms with E-state index in [1.807, 2.05) is 36.4 Å². The van der Waals surface area contributed by atoms with Gasteiger partial charge >= 0.3 is 16.5 Å². The number of hydrogen-bond acceptors (Lipinski definition) is 4. The number of carbonyl (C=O) groups is 1. The minimum absolute atomic E-state index is 1.01. The highest BCUT2D eigenvalue weighted by molar-refractivity contribution is 7.61. The van der Waals surface area contributed by atoms with Crippen molar-refractivity contribution >= 4 is 22.6 Å². The maximum atomic E-state index is 9.65. The van der Waals surface area contributed by atoms with Crippen LogP contribution in [0.15, 0.2) is 41.4 Å². The molecule has 1 aromatic rings. The highest BCUT2D eigenvalue weighted by Crippen LogP contribution is 1.97. The second kappa shape index (κ2) is 8.18. The van der Waals surface area contributed by atoms with E-state index in [1.54, 1.807) is 0 Å². The zero-order valence-corrected chi connectivity index (χ0v) is 9.15. The molecule has 0 atom stereocenters. The van der Waals surface area contributed by atoms with E-state index in [2.05, 4.69) is 16.8 Å². The van der Waals surface area contributed by atoms with Crippen LogP contribution in [0.25, 0.3) is 6.08 Å². The molecule has 0 heterocycles. The minimum atomic E-state index is -2.62. The number of hydrogen-bond donors (Lipinski definition) is 2. The van der Waals surface area contributed by atoms with Crippen LogP contribution in [0, 0.1) is 0 Å². The number of nitrogens with two attached hydrogens (primary N) is 1. The summed E-state index contributed by atoms with van der Waals surface area (Å²) in [4.78, 5) is 9.65. The van der Waals surface area contributed by atoms with Gasteiger partial charge in [-0.05, 0) is 10.0 Å². The lowest BCUT2D eigenvalue weighted by molar-refractivity contribution is 0.249. The summed E-state index contributed by atoms with van der Waals surface area (Å²) in [6.07, 6.45) is 1.83. The first-order valence-electron chi connectivity index (χ1n) is 4.09. The third-order valence-corrected chi connectivity index (χ3v) is 1.51. The smallest absolute Gasteiger partial charge is 0.333 e. The molecule has 0 aliphatic carbocycles. The van der Waals surface area contributed by atoms with Crippen molar-refractivity contribution in [2.24, 2.45) is 10.2 Å². The van der Waals surface area contributed by atoms with E-state index in [0.29, 0.717) is 0 Å². The Morgan fingerprint density at radius 1 is 1.38 bits per heavy atom. The fourth-order valence-electron chi connectivity index (χ4n) is 0.671. The molecule has 0 saturated heterocycles. The van der Waals surface area contributed by atoms with Crippen molar-refractivity contribution in [3.8, 4) is 0 Å². The second-order valence-electron chi connectivity index (χ2n) is 2.40. The van der Waals surface area contributed by atoms with Gasteiger partial charge in [0.15, 0.2) is 0 Å². The van der Waals surface area contributed by atoms with E-state index < -0.39 is 16.5 Å². The van der Waals surface area contributed by atoms with Gasteiger partial charge in [-0.15, -0.1) is 0 Å². The molecule has 0 aromatic heterocycles. The van der Waals surface area contributed by atoms with Crippen LogP contribution in [0.5, 0.6) is 0 Å². The molecule has 86 valence electrons. The van der Waals surface area contributed by atoms with Gasteiger partial charge in [0.05, 0.1) is 0 Å². The molecule has 3 N–H and O–H groups in total. The normalized spacial score (nSPS) is 8.00. The highest BCUT2D eigenvalue weighted by Gasteiger charge is 1.82. The van der Waals surface area contributed by atoms with Gasteiger partial charge in [0, 0.05) is 0 Å². The Balaban J connectivity index is 0.000000281. The topological polar surface area (TPSA) is 102 Å². The van der Waals surface area contributed by atoms with Crippen molar-refractivity contribution in [1.82, 2.24) is 5.43 Å². The summed E-state index contributed by atoms with van der Waals surface area (Å²) < 4.78 is 21.4. The van der Waals surface area contributed by atoms with Crippen LogP contribution in [0.2, 0.25) is 0 Å². The molecule has 1 aromatic carbocycles. The fourth-order valence-corrected chi connectivity index (χ4v) is 0.836. The Morgan fingerprint density at radius 3 is 2.19 bits per heavy atom. The van der Waals surface area contributed by atoms with Gasteiger partial charge in [-0.1, -0.05) is 43.0 Å². The molecule has 6 nitrogen and oxygen atoms in total. The molecule has 16 heavy (non-hydrogen) atoms. The van der Waals surface area contributed by atoms with Crippen LogP contribution in [0.4, 0.5) is 4.79 Å². The molecule has 0 spiro atoms. The summed E-state index contributed by atoms with van der Waals surface area (Å²) in [6, 6.07) is 9.02. The van der Waals surface area contributed by atoms with E-state index in [1.165, 1.54) is 11.0 Å². The van der Waals surface area contributed by atoms with E-state index >= 15 is 0 Å². The zero-order chi connectivity index (χ0) is 12.4. The van der Waals surface area contributed by atoms with Crippen molar-refractivity contribution in [3.63, 3.8) is 0 Å². The van der Waals surface area contributed by atoms with E-state index in [9.17, 15) is 13.2 Å². The first-order valence-corrected chi connectivity index (χ1v) is 5.12. The number of primary amides is 1. The molecule has 0 unspecified atom stereocenters. The Kier molecular flexibility index (Phi) is 7.08. The number of carbonyl (C=O) groups excluding carboxylic acids is 1. The average molecular weight is 241 g/mol. The average Bonchev–Trinajstić information content (AvgIpc) is 2.28. The van der Waals surface area contributed by atoms with Gasteiger partial charge < -0.3 is 5.73 Å². The zero-order valence-electron chi connectivity index (χ0n) is 8.33. The van der Waals surface area contributed by atoms with Crippen LogP contribution in [0.3, 0.4) is 0 Å². The second-order valence-corrected chi connectivity index (χ2v) is 3.02. The molecule has 0 aliphatic rings. The number of rotatable bonds is 2.